The van der Waals surface area contributed by atoms with Gasteiger partial charge >= 0.3 is 10.2 Å². The molecule has 2 N–H and O–H groups in total. The van der Waals surface area contributed by atoms with Crippen LogP contribution < -0.4 is 10.0 Å². The fourth-order valence-corrected chi connectivity index (χ4v) is 4.48. The number of hydrogen-bond acceptors (Lipinski definition) is 3. The highest BCUT2D eigenvalue weighted by atomic mass is 79.9. The molecule has 1 unspecified atom stereocenters. The summed E-state index contributed by atoms with van der Waals surface area (Å²) in [6.45, 7) is 3.93. The molecule has 1 aliphatic heterocycles. The van der Waals surface area contributed by atoms with E-state index in [2.05, 4.69) is 26.0 Å². The van der Waals surface area contributed by atoms with Crippen LogP contribution in [0.3, 0.4) is 0 Å². The number of aryl methyl sites for hydroxylation is 1. The molecule has 1 saturated heterocycles. The van der Waals surface area contributed by atoms with Crippen LogP contribution in [0.25, 0.3) is 0 Å². The number of halogens is 1. The van der Waals surface area contributed by atoms with Crippen molar-refractivity contribution in [3.63, 3.8) is 0 Å². The fraction of sp³-hybridized carbons (Fsp3) is 0.571. The Morgan fingerprint density at radius 1 is 1.43 bits per heavy atom. The highest BCUT2D eigenvalue weighted by molar-refractivity contribution is 9.10. The van der Waals surface area contributed by atoms with Crippen LogP contribution >= 0.6 is 15.9 Å². The highest BCUT2D eigenvalue weighted by Crippen LogP contribution is 2.28. The smallest absolute Gasteiger partial charge is 0.301 e. The number of anilines is 1. The topological polar surface area (TPSA) is 61.4 Å². The Kier molecular flexibility index (Phi) is 5.65. The van der Waals surface area contributed by atoms with Crippen LogP contribution in [0.15, 0.2) is 22.7 Å². The Morgan fingerprint density at radius 2 is 2.19 bits per heavy atom. The molecule has 7 heteroatoms. The first-order valence-corrected chi connectivity index (χ1v) is 9.35. The van der Waals surface area contributed by atoms with Crippen molar-refractivity contribution in [2.45, 2.75) is 19.8 Å². The summed E-state index contributed by atoms with van der Waals surface area (Å²) in [5, 5.41) is 3.13. The van der Waals surface area contributed by atoms with E-state index >= 15 is 0 Å². The van der Waals surface area contributed by atoms with Gasteiger partial charge in [0.05, 0.1) is 5.69 Å². The molecule has 2 rings (SSSR count). The van der Waals surface area contributed by atoms with Gasteiger partial charge in [0.2, 0.25) is 0 Å². The normalized spacial score (nSPS) is 20.4. The third kappa shape index (κ3) is 4.18. The first kappa shape index (κ1) is 16.7. The Bertz CT molecular complexity index is 590. The van der Waals surface area contributed by atoms with Crippen molar-refractivity contribution < 1.29 is 8.42 Å². The van der Waals surface area contributed by atoms with Crippen LogP contribution in [0.2, 0.25) is 0 Å². The van der Waals surface area contributed by atoms with Gasteiger partial charge < -0.3 is 5.32 Å². The quantitative estimate of drug-likeness (QED) is 0.829. The molecular weight excluding hydrogens is 354 g/mol. The average Bonchev–Trinajstić information content (AvgIpc) is 2.44. The molecule has 118 valence electrons. The van der Waals surface area contributed by atoms with Gasteiger partial charge in [0.1, 0.15) is 0 Å². The van der Waals surface area contributed by atoms with Crippen LogP contribution in [0.1, 0.15) is 18.4 Å². The lowest BCUT2D eigenvalue weighted by Crippen LogP contribution is -2.44. The summed E-state index contributed by atoms with van der Waals surface area (Å²) < 4.78 is 30.1. The highest BCUT2D eigenvalue weighted by Gasteiger charge is 2.29. The van der Waals surface area contributed by atoms with Crippen molar-refractivity contribution in [3.8, 4) is 0 Å². The standard InChI is InChI=1S/C14H22BrN3O2S/c1-11-5-3-7-13(14(11)15)17-21(19,20)18-8-4-6-12(10-18)9-16-2/h3,5,7,12,16-17H,4,6,8-10H2,1-2H3. The van der Waals surface area contributed by atoms with Gasteiger partial charge in [0, 0.05) is 17.6 Å². The number of nitrogens with one attached hydrogen (secondary N) is 2. The molecule has 1 aromatic rings. The Hall–Kier alpha value is -0.630. The maximum absolute atomic E-state index is 12.5. The maximum atomic E-state index is 12.5. The molecule has 0 bridgehead atoms. The minimum absolute atomic E-state index is 0.376. The molecule has 1 aliphatic rings. The average molecular weight is 376 g/mol. The fourth-order valence-electron chi connectivity index (χ4n) is 2.63. The molecule has 1 fully saturated rings. The molecule has 1 heterocycles. The Labute approximate surface area is 135 Å². The van der Waals surface area contributed by atoms with E-state index in [1.54, 1.807) is 10.4 Å². The summed E-state index contributed by atoms with van der Waals surface area (Å²) in [5.41, 5.74) is 1.59. The van der Waals surface area contributed by atoms with E-state index in [0.29, 0.717) is 24.7 Å². The number of benzene rings is 1. The molecule has 0 aliphatic carbocycles. The van der Waals surface area contributed by atoms with Crippen molar-refractivity contribution >= 4 is 31.8 Å². The van der Waals surface area contributed by atoms with Crippen LogP contribution in [0.4, 0.5) is 5.69 Å². The number of hydrogen-bond donors (Lipinski definition) is 2. The molecule has 1 atom stereocenters. The molecule has 0 radical (unpaired) electrons. The number of rotatable bonds is 5. The zero-order valence-corrected chi connectivity index (χ0v) is 14.8. The molecule has 0 saturated carbocycles. The summed E-state index contributed by atoms with van der Waals surface area (Å²) in [4.78, 5) is 0. The maximum Gasteiger partial charge on any atom is 0.301 e. The molecular formula is C14H22BrN3O2S. The van der Waals surface area contributed by atoms with Crippen molar-refractivity contribution in [1.82, 2.24) is 9.62 Å². The number of nitrogens with zero attached hydrogens (tertiary/aromatic N) is 1. The lowest BCUT2D eigenvalue weighted by Gasteiger charge is -2.32. The van der Waals surface area contributed by atoms with Gasteiger partial charge in [0.15, 0.2) is 0 Å². The molecule has 5 nitrogen and oxygen atoms in total. The monoisotopic (exact) mass is 375 g/mol. The van der Waals surface area contributed by atoms with E-state index in [1.165, 1.54) is 0 Å². The molecule has 0 amide bonds. The van der Waals surface area contributed by atoms with Gasteiger partial charge in [-0.05, 0) is 66.8 Å². The van der Waals surface area contributed by atoms with Gasteiger partial charge in [-0.15, -0.1) is 0 Å². The predicted molar refractivity (Wildman–Crippen MR) is 89.6 cm³/mol. The number of piperidine rings is 1. The van der Waals surface area contributed by atoms with Crippen molar-refractivity contribution in [2.24, 2.45) is 5.92 Å². The van der Waals surface area contributed by atoms with E-state index in [-0.39, 0.29) is 0 Å². The van der Waals surface area contributed by atoms with E-state index in [4.69, 9.17) is 0 Å². The van der Waals surface area contributed by atoms with Crippen molar-refractivity contribution in [1.29, 1.82) is 0 Å². The van der Waals surface area contributed by atoms with E-state index < -0.39 is 10.2 Å². The summed E-state index contributed by atoms with van der Waals surface area (Å²) >= 11 is 3.44. The predicted octanol–water partition coefficient (Wildman–Crippen LogP) is 2.35. The first-order valence-electron chi connectivity index (χ1n) is 7.11. The van der Waals surface area contributed by atoms with Gasteiger partial charge in [-0.25, -0.2) is 0 Å². The largest absolute Gasteiger partial charge is 0.319 e. The SMILES string of the molecule is CNCC1CCCN(S(=O)(=O)Nc2cccc(C)c2Br)C1. The second-order valence-electron chi connectivity index (χ2n) is 5.47. The van der Waals surface area contributed by atoms with Crippen LogP contribution in [-0.4, -0.2) is 39.4 Å². The van der Waals surface area contributed by atoms with E-state index in [0.717, 1.165) is 29.4 Å². The molecule has 0 spiro atoms. The minimum Gasteiger partial charge on any atom is -0.319 e. The van der Waals surface area contributed by atoms with Crippen LogP contribution in [-0.2, 0) is 10.2 Å². The second-order valence-corrected chi connectivity index (χ2v) is 7.93. The van der Waals surface area contributed by atoms with Gasteiger partial charge in [-0.3, -0.25) is 4.72 Å². The van der Waals surface area contributed by atoms with Crippen molar-refractivity contribution in [2.75, 3.05) is 31.4 Å². The molecule has 1 aromatic carbocycles. The van der Waals surface area contributed by atoms with Gasteiger partial charge in [-0.2, -0.15) is 12.7 Å². The third-order valence-electron chi connectivity index (χ3n) is 3.75. The third-order valence-corrected chi connectivity index (χ3v) is 6.29. The van der Waals surface area contributed by atoms with Crippen molar-refractivity contribution in [3.05, 3.63) is 28.2 Å². The molecule has 0 aromatic heterocycles. The lowest BCUT2D eigenvalue weighted by molar-refractivity contribution is 0.264. The molecule has 21 heavy (non-hydrogen) atoms. The van der Waals surface area contributed by atoms with Crippen LogP contribution in [0, 0.1) is 12.8 Å². The Morgan fingerprint density at radius 3 is 2.90 bits per heavy atom. The van der Waals surface area contributed by atoms with E-state index in [1.807, 2.05) is 26.1 Å². The second kappa shape index (κ2) is 7.09. The van der Waals surface area contributed by atoms with Gasteiger partial charge in [-0.1, -0.05) is 12.1 Å². The van der Waals surface area contributed by atoms with Crippen LogP contribution in [0.5, 0.6) is 0 Å². The summed E-state index contributed by atoms with van der Waals surface area (Å²) in [6, 6.07) is 5.55. The summed E-state index contributed by atoms with van der Waals surface area (Å²) in [5.74, 6) is 0.376. The first-order chi connectivity index (χ1) is 9.94. The zero-order chi connectivity index (χ0) is 15.5. The minimum atomic E-state index is -3.50. The lowest BCUT2D eigenvalue weighted by atomic mass is 10.00. The van der Waals surface area contributed by atoms with E-state index in [9.17, 15) is 8.42 Å². The Balaban J connectivity index is 2.12. The summed E-state index contributed by atoms with van der Waals surface area (Å²) in [7, 11) is -1.60. The summed E-state index contributed by atoms with van der Waals surface area (Å²) in [6.07, 6.45) is 1.98. The van der Waals surface area contributed by atoms with Gasteiger partial charge in [0.25, 0.3) is 0 Å². The zero-order valence-electron chi connectivity index (χ0n) is 12.4.